The van der Waals surface area contributed by atoms with E-state index in [1.54, 1.807) is 0 Å². The van der Waals surface area contributed by atoms with E-state index in [0.29, 0.717) is 12.1 Å². The van der Waals surface area contributed by atoms with Crippen LogP contribution in [-0.4, -0.2) is 53.4 Å². The van der Waals surface area contributed by atoms with Crippen molar-refractivity contribution >= 4 is 12.1 Å². The van der Waals surface area contributed by atoms with Crippen LogP contribution in [0.1, 0.15) is 47.1 Å². The smallest absolute Gasteiger partial charge is 0.447 e. The molecule has 0 radical (unpaired) electrons. The predicted molar refractivity (Wildman–Crippen MR) is 111 cm³/mol. The first-order valence-corrected chi connectivity index (χ1v) is 10.5. The number of alkyl carbamates (subject to hydrolysis) is 1. The topological polar surface area (TPSA) is 73.9 Å². The summed E-state index contributed by atoms with van der Waals surface area (Å²) in [5.74, 6) is -2.35. The minimum absolute atomic E-state index is 0.0240. The minimum atomic E-state index is -6.90. The van der Waals surface area contributed by atoms with Crippen molar-refractivity contribution in [1.29, 1.82) is 0 Å². The van der Waals surface area contributed by atoms with Crippen molar-refractivity contribution in [3.63, 3.8) is 0 Å². The summed E-state index contributed by atoms with van der Waals surface area (Å²) >= 11 is 0. The monoisotopic (exact) mass is 555 g/mol. The van der Waals surface area contributed by atoms with Crippen molar-refractivity contribution < 1.29 is 63.3 Å². The SMILES string of the molecule is CC(C)(C)OC(=O)N[C@@H](Cc1ccc(OC(C(F)(F)F)(C(F)(F)F)C(F)(F)F)cc1)C(=O)OC(C)(C)C. The molecule has 6 nitrogen and oxygen atoms in total. The highest BCUT2D eigenvalue weighted by molar-refractivity contribution is 5.82. The van der Waals surface area contributed by atoms with Crippen LogP contribution in [0.2, 0.25) is 0 Å². The molecule has 0 aliphatic heterocycles. The van der Waals surface area contributed by atoms with Gasteiger partial charge in [-0.25, -0.2) is 9.59 Å². The molecule has 15 heteroatoms. The molecule has 0 spiro atoms. The van der Waals surface area contributed by atoms with Crippen molar-refractivity contribution in [2.45, 2.75) is 89.3 Å². The molecule has 212 valence electrons. The average Bonchev–Trinajstić information content (AvgIpc) is 2.60. The van der Waals surface area contributed by atoms with Gasteiger partial charge in [-0.3, -0.25) is 0 Å². The Morgan fingerprint density at radius 3 is 1.49 bits per heavy atom. The van der Waals surface area contributed by atoms with Crippen molar-refractivity contribution in [3.8, 4) is 5.75 Å². The molecule has 0 bridgehead atoms. The molecule has 1 rings (SSSR count). The Morgan fingerprint density at radius 2 is 1.14 bits per heavy atom. The van der Waals surface area contributed by atoms with E-state index in [-0.39, 0.29) is 5.56 Å². The Balaban J connectivity index is 3.29. The van der Waals surface area contributed by atoms with Gasteiger partial charge in [0.25, 0.3) is 0 Å². The molecular weight excluding hydrogens is 529 g/mol. The lowest BCUT2D eigenvalue weighted by Crippen LogP contribution is -2.69. The largest absolute Gasteiger partial charge is 0.462 e. The number of hydrogen-bond donors (Lipinski definition) is 1. The first kappa shape index (κ1) is 32.2. The number of carbonyl (C=O) groups is 2. The second-order valence-electron chi connectivity index (χ2n) is 9.86. The van der Waals surface area contributed by atoms with Crippen LogP contribution in [0.15, 0.2) is 24.3 Å². The molecule has 0 fully saturated rings. The van der Waals surface area contributed by atoms with Gasteiger partial charge >= 0.3 is 36.2 Å². The third-order valence-corrected chi connectivity index (χ3v) is 4.21. The third kappa shape index (κ3) is 8.59. The zero-order valence-electron chi connectivity index (χ0n) is 20.5. The number of rotatable bonds is 6. The van der Waals surface area contributed by atoms with Gasteiger partial charge in [-0.2, -0.15) is 39.5 Å². The second kappa shape index (κ2) is 10.5. The molecule has 1 atom stereocenters. The first-order valence-electron chi connectivity index (χ1n) is 10.5. The van der Waals surface area contributed by atoms with Crippen LogP contribution in [0.4, 0.5) is 44.3 Å². The van der Waals surface area contributed by atoms with Crippen LogP contribution >= 0.6 is 0 Å². The number of alkyl halides is 9. The summed E-state index contributed by atoms with van der Waals surface area (Å²) in [6, 6.07) is 1.11. The number of esters is 1. The van der Waals surface area contributed by atoms with Gasteiger partial charge in [0.05, 0.1) is 0 Å². The van der Waals surface area contributed by atoms with E-state index in [2.05, 4.69) is 10.1 Å². The molecule has 1 aromatic carbocycles. The number of ether oxygens (including phenoxy) is 3. The van der Waals surface area contributed by atoms with Gasteiger partial charge in [0.1, 0.15) is 23.0 Å². The lowest BCUT2D eigenvalue weighted by Gasteiger charge is -2.38. The summed E-state index contributed by atoms with van der Waals surface area (Å²) < 4.78 is 132. The first-order chi connectivity index (χ1) is 16.3. The van der Waals surface area contributed by atoms with Crippen LogP contribution < -0.4 is 10.1 Å². The molecule has 1 aromatic rings. The second-order valence-corrected chi connectivity index (χ2v) is 9.86. The van der Waals surface area contributed by atoms with E-state index in [1.165, 1.54) is 41.5 Å². The highest BCUT2D eigenvalue weighted by atomic mass is 19.4. The van der Waals surface area contributed by atoms with Gasteiger partial charge in [-0.15, -0.1) is 0 Å². The highest BCUT2D eigenvalue weighted by Crippen LogP contribution is 2.54. The van der Waals surface area contributed by atoms with Gasteiger partial charge in [0.15, 0.2) is 0 Å². The van der Waals surface area contributed by atoms with E-state index in [9.17, 15) is 49.1 Å². The van der Waals surface area contributed by atoms with E-state index < -0.39 is 65.6 Å². The zero-order valence-corrected chi connectivity index (χ0v) is 20.5. The molecule has 0 saturated carbocycles. The minimum Gasteiger partial charge on any atom is -0.462 e. The predicted octanol–water partition coefficient (Wildman–Crippen LogP) is 6.27. The molecule has 0 unspecified atom stereocenters. The zero-order chi connectivity index (χ0) is 29.3. The normalized spacial score (nSPS) is 14.6. The number of hydrogen-bond acceptors (Lipinski definition) is 5. The summed E-state index contributed by atoms with van der Waals surface area (Å²) in [5, 5.41) is 2.24. The lowest BCUT2D eigenvalue weighted by atomic mass is 10.0. The maximum absolute atomic E-state index is 13.1. The van der Waals surface area contributed by atoms with Crippen LogP contribution in [0, 0.1) is 0 Å². The van der Waals surface area contributed by atoms with E-state index in [4.69, 9.17) is 9.47 Å². The molecule has 0 heterocycles. The summed E-state index contributed by atoms with van der Waals surface area (Å²) in [5.41, 5.74) is -8.41. The number of carbonyl (C=O) groups excluding carboxylic acids is 2. The van der Waals surface area contributed by atoms with Crippen molar-refractivity contribution in [3.05, 3.63) is 29.8 Å². The quantitative estimate of drug-likeness (QED) is 0.331. The van der Waals surface area contributed by atoms with Gasteiger partial charge in [0.2, 0.25) is 0 Å². The van der Waals surface area contributed by atoms with Gasteiger partial charge in [-0.05, 0) is 59.2 Å². The molecule has 0 aliphatic carbocycles. The van der Waals surface area contributed by atoms with E-state index >= 15 is 0 Å². The molecule has 1 amide bonds. The number of amides is 1. The van der Waals surface area contributed by atoms with Crippen molar-refractivity contribution in [2.24, 2.45) is 0 Å². The third-order valence-electron chi connectivity index (χ3n) is 4.21. The summed E-state index contributed by atoms with van der Waals surface area (Å²) in [6.07, 6.45) is -22.1. The van der Waals surface area contributed by atoms with Crippen LogP contribution in [0.25, 0.3) is 0 Å². The Hall–Kier alpha value is -2.87. The molecule has 1 N–H and O–H groups in total. The summed E-state index contributed by atoms with van der Waals surface area (Å²) in [6.45, 7) is 9.19. The molecule has 0 aliphatic rings. The molecule has 0 saturated heterocycles. The van der Waals surface area contributed by atoms with Gasteiger partial charge in [0, 0.05) is 6.42 Å². The fourth-order valence-electron chi connectivity index (χ4n) is 2.78. The Bertz CT molecular complexity index is 904. The fraction of sp³-hybridized carbons (Fsp3) is 0.636. The van der Waals surface area contributed by atoms with Crippen LogP contribution in [0.3, 0.4) is 0 Å². The van der Waals surface area contributed by atoms with Gasteiger partial charge in [-0.1, -0.05) is 12.1 Å². The van der Waals surface area contributed by atoms with Crippen LogP contribution in [0.5, 0.6) is 5.75 Å². The average molecular weight is 555 g/mol. The molecule has 37 heavy (non-hydrogen) atoms. The summed E-state index contributed by atoms with van der Waals surface area (Å²) in [7, 11) is 0. The Morgan fingerprint density at radius 1 is 0.730 bits per heavy atom. The highest BCUT2D eigenvalue weighted by Gasteiger charge is 2.87. The van der Waals surface area contributed by atoms with Crippen molar-refractivity contribution in [2.75, 3.05) is 0 Å². The lowest BCUT2D eigenvalue weighted by molar-refractivity contribution is -0.436. The Kier molecular flexibility index (Phi) is 9.11. The Labute approximate surface area is 206 Å². The van der Waals surface area contributed by atoms with E-state index in [0.717, 1.165) is 12.1 Å². The number of nitrogens with one attached hydrogen (secondary N) is 1. The number of benzene rings is 1. The maximum Gasteiger partial charge on any atom is 0.447 e. The fourth-order valence-corrected chi connectivity index (χ4v) is 2.78. The van der Waals surface area contributed by atoms with Gasteiger partial charge < -0.3 is 19.5 Å². The van der Waals surface area contributed by atoms with Crippen molar-refractivity contribution in [1.82, 2.24) is 5.32 Å². The maximum atomic E-state index is 13.1. The standard InChI is InChI=1S/C22H26F9NO5/c1-17(2,3)36-15(33)14(32-16(34)37-18(4,5)6)11-12-7-9-13(10-8-12)35-19(20(23,24)25,21(26,27)28)22(29,30)31/h7-10,14H,11H2,1-6H3,(H,32,34)/t14-/m0/s1. The van der Waals surface area contributed by atoms with Crippen LogP contribution in [-0.2, 0) is 20.7 Å². The number of halogens is 9. The molecule has 0 aromatic heterocycles. The summed E-state index contributed by atoms with van der Waals surface area (Å²) in [4.78, 5) is 24.7. The molecular formula is C22H26F9NO5. The van der Waals surface area contributed by atoms with E-state index in [1.807, 2.05) is 0 Å².